The number of hydrogen-bond acceptors (Lipinski definition) is 9. The van der Waals surface area contributed by atoms with Crippen LogP contribution in [0.3, 0.4) is 0 Å². The van der Waals surface area contributed by atoms with Crippen LogP contribution in [0.5, 0.6) is 0 Å². The fourth-order valence-electron chi connectivity index (χ4n) is 2.01. The van der Waals surface area contributed by atoms with E-state index in [1.54, 1.807) is 0 Å². The molecule has 8 N–H and O–H groups in total. The Balaban J connectivity index is 0.00000312. The molecular formula is C9H17N3NaO11P2. The standard InChI is InChI=1S/C9H15N3O10P2.Na.H2O/c10-7-1-2-12(9(14)11-7)8-3-5(13)6(21-8)4-20-24(18,19)22-23(15,16)17;;/h1-2,5-6,8,13H,3-4H2,(H,18,19)(H2,10,11,14)(H2,15,16,17);;1H2/t5-,6+,8+;;/m0../s1. The van der Waals surface area contributed by atoms with E-state index < -0.39 is 46.4 Å². The van der Waals surface area contributed by atoms with Gasteiger partial charge in [0.05, 0.1) is 12.7 Å². The van der Waals surface area contributed by atoms with Crippen LogP contribution in [-0.2, 0) is 22.7 Å². The van der Waals surface area contributed by atoms with Gasteiger partial charge in [-0.15, -0.1) is 0 Å². The maximum atomic E-state index is 11.7. The maximum absolute atomic E-state index is 11.7. The largest absolute Gasteiger partial charge is 0.481 e. The number of ether oxygens (including phenoxy) is 1. The average molecular weight is 428 g/mol. The summed E-state index contributed by atoms with van der Waals surface area (Å²) in [7, 11) is -10.3. The zero-order chi connectivity index (χ0) is 18.1. The third kappa shape index (κ3) is 7.44. The molecule has 4 atom stereocenters. The Hall–Kier alpha value is -0.180. The van der Waals surface area contributed by atoms with Crippen LogP contribution in [0.25, 0.3) is 0 Å². The van der Waals surface area contributed by atoms with Crippen molar-refractivity contribution in [1.29, 1.82) is 0 Å². The summed E-state index contributed by atoms with van der Waals surface area (Å²) in [6, 6.07) is 1.34. The molecule has 145 valence electrons. The molecule has 1 unspecified atom stereocenters. The molecule has 1 aliphatic rings. The first-order chi connectivity index (χ1) is 11.0. The zero-order valence-electron chi connectivity index (χ0n) is 13.4. The molecule has 1 aromatic rings. The van der Waals surface area contributed by atoms with E-state index in [1.807, 2.05) is 0 Å². The maximum Gasteiger partial charge on any atom is 0.481 e. The average Bonchev–Trinajstić information content (AvgIpc) is 2.75. The number of anilines is 1. The van der Waals surface area contributed by atoms with Crippen LogP contribution >= 0.6 is 15.6 Å². The number of nitrogens with two attached hydrogens (primary N) is 1. The molecule has 0 aromatic carbocycles. The second-order valence-electron chi connectivity index (χ2n) is 4.81. The summed E-state index contributed by atoms with van der Waals surface area (Å²) in [5.41, 5.74) is 4.64. The van der Waals surface area contributed by atoms with Gasteiger partial charge in [0, 0.05) is 42.2 Å². The molecule has 0 bridgehead atoms. The number of phosphoric ester groups is 1. The Morgan fingerprint density at radius 2 is 2.00 bits per heavy atom. The second-order valence-corrected chi connectivity index (χ2v) is 7.64. The van der Waals surface area contributed by atoms with Gasteiger partial charge in [0.15, 0.2) is 0 Å². The van der Waals surface area contributed by atoms with Crippen molar-refractivity contribution < 1.29 is 48.0 Å². The summed E-state index contributed by atoms with van der Waals surface area (Å²) in [4.78, 5) is 41.3. The fraction of sp³-hybridized carbons (Fsp3) is 0.556. The minimum absolute atomic E-state index is 0. The van der Waals surface area contributed by atoms with Crippen LogP contribution in [0.2, 0.25) is 0 Å². The van der Waals surface area contributed by atoms with Crippen LogP contribution < -0.4 is 11.4 Å². The van der Waals surface area contributed by atoms with Gasteiger partial charge in [0.2, 0.25) is 0 Å². The number of aliphatic hydroxyl groups excluding tert-OH is 1. The van der Waals surface area contributed by atoms with Gasteiger partial charge in [-0.05, 0) is 6.07 Å². The van der Waals surface area contributed by atoms with Crippen LogP contribution in [0.4, 0.5) is 5.82 Å². The molecule has 2 heterocycles. The number of phosphoric acid groups is 2. The summed E-state index contributed by atoms with van der Waals surface area (Å²) < 4.78 is 36.2. The SMILES string of the molecule is Nc1ccn([C@H]2C[C@H](O)[C@@H](COP(=O)(O)OP(=O)(O)O)O2)c(=O)n1.O.[Na]. The van der Waals surface area contributed by atoms with E-state index in [9.17, 15) is 19.0 Å². The first kappa shape index (κ1) is 25.8. The van der Waals surface area contributed by atoms with Gasteiger partial charge in [-0.2, -0.15) is 9.29 Å². The van der Waals surface area contributed by atoms with Gasteiger partial charge in [0.1, 0.15) is 18.1 Å². The minimum Gasteiger partial charge on any atom is -0.412 e. The topological polar surface area (TPSA) is 235 Å². The van der Waals surface area contributed by atoms with E-state index in [1.165, 1.54) is 12.3 Å². The van der Waals surface area contributed by atoms with Crippen molar-refractivity contribution in [2.24, 2.45) is 0 Å². The number of nitrogens with zero attached hydrogens (tertiary/aromatic N) is 2. The van der Waals surface area contributed by atoms with E-state index in [-0.39, 0.29) is 47.3 Å². The Morgan fingerprint density at radius 1 is 1.38 bits per heavy atom. The fourth-order valence-corrected chi connectivity index (χ4v) is 3.61. The molecule has 1 aromatic heterocycles. The third-order valence-corrected chi connectivity index (χ3v) is 5.13. The molecule has 1 fully saturated rings. The van der Waals surface area contributed by atoms with Crippen LogP contribution in [0.15, 0.2) is 17.1 Å². The molecule has 26 heavy (non-hydrogen) atoms. The third-order valence-electron chi connectivity index (χ3n) is 2.98. The quantitative estimate of drug-likeness (QED) is 0.233. The first-order valence-corrected chi connectivity index (χ1v) is 9.42. The number of aromatic nitrogens is 2. The normalized spacial score (nSPS) is 25.0. The van der Waals surface area contributed by atoms with Crippen molar-refractivity contribution in [3.63, 3.8) is 0 Å². The molecule has 0 amide bonds. The molecule has 0 saturated carbocycles. The predicted molar refractivity (Wildman–Crippen MR) is 85.7 cm³/mol. The number of aliphatic hydroxyl groups is 1. The van der Waals surface area contributed by atoms with Crippen molar-refractivity contribution in [2.75, 3.05) is 12.3 Å². The summed E-state index contributed by atoms with van der Waals surface area (Å²) in [5, 5.41) is 9.86. The molecule has 1 aliphatic heterocycles. The van der Waals surface area contributed by atoms with Crippen molar-refractivity contribution >= 4 is 51.0 Å². The smallest absolute Gasteiger partial charge is 0.412 e. The molecule has 0 spiro atoms. The van der Waals surface area contributed by atoms with Crippen LogP contribution in [0, 0.1) is 0 Å². The number of nitrogen functional groups attached to an aromatic ring is 1. The summed E-state index contributed by atoms with van der Waals surface area (Å²) in [6.07, 6.45) is -1.97. The summed E-state index contributed by atoms with van der Waals surface area (Å²) in [6.45, 7) is -0.706. The van der Waals surface area contributed by atoms with E-state index >= 15 is 0 Å². The first-order valence-electron chi connectivity index (χ1n) is 6.39. The van der Waals surface area contributed by atoms with E-state index in [4.69, 9.17) is 25.2 Å². The summed E-state index contributed by atoms with van der Waals surface area (Å²) in [5.74, 6) is 0.00508. The molecule has 0 aliphatic carbocycles. The molecule has 14 nitrogen and oxygen atoms in total. The Morgan fingerprint density at radius 3 is 2.54 bits per heavy atom. The van der Waals surface area contributed by atoms with Gasteiger partial charge in [-0.3, -0.25) is 9.09 Å². The predicted octanol–water partition coefficient (Wildman–Crippen LogP) is -2.51. The van der Waals surface area contributed by atoms with Gasteiger partial charge < -0.3 is 35.7 Å². The molecule has 1 saturated heterocycles. The van der Waals surface area contributed by atoms with Crippen molar-refractivity contribution in [2.45, 2.75) is 24.9 Å². The van der Waals surface area contributed by atoms with Crippen molar-refractivity contribution in [3.05, 3.63) is 22.7 Å². The van der Waals surface area contributed by atoms with Gasteiger partial charge in [-0.1, -0.05) is 0 Å². The Kier molecular flexibility index (Phi) is 9.78. The van der Waals surface area contributed by atoms with Crippen molar-refractivity contribution in [3.8, 4) is 0 Å². The van der Waals surface area contributed by atoms with Crippen molar-refractivity contribution in [1.82, 2.24) is 9.55 Å². The minimum atomic E-state index is -5.24. The van der Waals surface area contributed by atoms with E-state index in [0.717, 1.165) is 4.57 Å². The Labute approximate surface area is 168 Å². The molecule has 1 radical (unpaired) electrons. The van der Waals surface area contributed by atoms with Gasteiger partial charge >= 0.3 is 21.3 Å². The monoisotopic (exact) mass is 428 g/mol. The number of hydrogen-bond donors (Lipinski definition) is 5. The summed E-state index contributed by atoms with van der Waals surface area (Å²) >= 11 is 0. The molecule has 2 rings (SSSR count). The molecular weight excluding hydrogens is 411 g/mol. The van der Waals surface area contributed by atoms with E-state index in [0.29, 0.717) is 0 Å². The van der Waals surface area contributed by atoms with Gasteiger partial charge in [-0.25, -0.2) is 13.9 Å². The zero-order valence-corrected chi connectivity index (χ0v) is 17.2. The number of rotatable bonds is 6. The van der Waals surface area contributed by atoms with Crippen LogP contribution in [-0.4, -0.2) is 83.2 Å². The second kappa shape index (κ2) is 9.85. The Bertz CT molecular complexity index is 755. The van der Waals surface area contributed by atoms with Gasteiger partial charge in [0.25, 0.3) is 0 Å². The molecule has 17 heteroatoms. The van der Waals surface area contributed by atoms with E-state index in [2.05, 4.69) is 13.8 Å². The van der Waals surface area contributed by atoms with Crippen LogP contribution in [0.1, 0.15) is 12.6 Å².